The van der Waals surface area contributed by atoms with Crippen molar-refractivity contribution in [2.24, 2.45) is 5.73 Å². The van der Waals surface area contributed by atoms with E-state index in [4.69, 9.17) is 5.73 Å². The first-order valence-electron chi connectivity index (χ1n) is 6.58. The quantitative estimate of drug-likeness (QED) is 0.300. The Morgan fingerprint density at radius 1 is 1.06 bits per heavy atom. The summed E-state index contributed by atoms with van der Waals surface area (Å²) in [7, 11) is 0. The second kappa shape index (κ2) is 13.5. The summed E-state index contributed by atoms with van der Waals surface area (Å²) in [4.78, 5) is 22.2. The third kappa shape index (κ3) is 12.6. The van der Waals surface area contributed by atoms with Crippen molar-refractivity contribution >= 4 is 41.5 Å². The molecular weight excluding hydrogens is 241 g/mol. The van der Waals surface area contributed by atoms with Crippen LogP contribution in [0, 0.1) is 0 Å². The van der Waals surface area contributed by atoms with Crippen LogP contribution in [0.1, 0.15) is 65.2 Å². The molecule has 0 aromatic rings. The van der Waals surface area contributed by atoms with Crippen molar-refractivity contribution in [2.45, 2.75) is 71.3 Å². The molecule has 5 heteroatoms. The second-order valence-electron chi connectivity index (χ2n) is 4.45. The Hall–Kier alpha value is 0.1000. The van der Waals surface area contributed by atoms with E-state index in [0.717, 1.165) is 19.3 Å². The average Bonchev–Trinajstić information content (AvgIpc) is 2.27. The number of esters is 2. The standard InChI is InChI=1S/C13H25NO3.Na.H/c1-3-4-5-6-7-8-9-10-12(15)17-13(16)11(2)14;;/h11H,3-10,14H2,1-2H3;;/t11-;;/m0../s1. The SMILES string of the molecule is CCCCCCCCCC(=O)OC(=O)[C@H](C)N.[NaH]. The number of carbonyl (C=O) groups is 2. The van der Waals surface area contributed by atoms with Gasteiger partial charge in [-0.3, -0.25) is 4.79 Å². The van der Waals surface area contributed by atoms with Crippen LogP contribution >= 0.6 is 0 Å². The van der Waals surface area contributed by atoms with Crippen molar-refractivity contribution in [3.8, 4) is 0 Å². The van der Waals surface area contributed by atoms with Crippen LogP contribution in [0.2, 0.25) is 0 Å². The van der Waals surface area contributed by atoms with E-state index < -0.39 is 18.0 Å². The van der Waals surface area contributed by atoms with Crippen LogP contribution in [-0.4, -0.2) is 47.5 Å². The fourth-order valence-corrected chi connectivity index (χ4v) is 1.48. The van der Waals surface area contributed by atoms with Gasteiger partial charge in [0.05, 0.1) is 0 Å². The van der Waals surface area contributed by atoms with E-state index in [2.05, 4.69) is 11.7 Å². The summed E-state index contributed by atoms with van der Waals surface area (Å²) < 4.78 is 4.55. The van der Waals surface area contributed by atoms with E-state index in [1.165, 1.54) is 32.6 Å². The predicted octanol–water partition coefficient (Wildman–Crippen LogP) is 1.90. The molecule has 0 spiro atoms. The number of hydrogen-bond acceptors (Lipinski definition) is 4. The van der Waals surface area contributed by atoms with Gasteiger partial charge in [-0.25, -0.2) is 4.79 Å². The first kappa shape index (κ1) is 20.4. The first-order chi connectivity index (χ1) is 8.07. The van der Waals surface area contributed by atoms with Crippen LogP contribution in [0.4, 0.5) is 0 Å². The monoisotopic (exact) mass is 267 g/mol. The van der Waals surface area contributed by atoms with Gasteiger partial charge in [-0.15, -0.1) is 0 Å². The molecule has 0 aliphatic rings. The van der Waals surface area contributed by atoms with Crippen LogP contribution in [0.3, 0.4) is 0 Å². The van der Waals surface area contributed by atoms with Crippen molar-refractivity contribution in [1.82, 2.24) is 0 Å². The van der Waals surface area contributed by atoms with Crippen molar-refractivity contribution in [1.29, 1.82) is 0 Å². The van der Waals surface area contributed by atoms with Gasteiger partial charge in [0.25, 0.3) is 0 Å². The summed E-state index contributed by atoms with van der Waals surface area (Å²) in [5.41, 5.74) is 5.28. The molecule has 0 saturated carbocycles. The van der Waals surface area contributed by atoms with E-state index in [1.807, 2.05) is 0 Å². The maximum atomic E-state index is 11.2. The topological polar surface area (TPSA) is 69.4 Å². The normalized spacial score (nSPS) is 11.5. The van der Waals surface area contributed by atoms with Gasteiger partial charge < -0.3 is 10.5 Å². The summed E-state index contributed by atoms with van der Waals surface area (Å²) in [5, 5.41) is 0. The Bertz CT molecular complexity index is 232. The van der Waals surface area contributed by atoms with E-state index >= 15 is 0 Å². The molecule has 0 amide bonds. The average molecular weight is 267 g/mol. The molecular formula is C13H26NNaO3. The summed E-state index contributed by atoms with van der Waals surface area (Å²) >= 11 is 0. The molecule has 0 aliphatic carbocycles. The van der Waals surface area contributed by atoms with E-state index in [0.29, 0.717) is 6.42 Å². The zero-order chi connectivity index (χ0) is 13.1. The molecule has 1 atom stereocenters. The molecule has 0 radical (unpaired) electrons. The molecule has 4 nitrogen and oxygen atoms in total. The van der Waals surface area contributed by atoms with Gasteiger partial charge in [0.2, 0.25) is 0 Å². The van der Waals surface area contributed by atoms with Gasteiger partial charge in [-0.1, -0.05) is 45.4 Å². The van der Waals surface area contributed by atoms with Crippen molar-refractivity contribution in [3.63, 3.8) is 0 Å². The van der Waals surface area contributed by atoms with Gasteiger partial charge in [-0.2, -0.15) is 0 Å². The molecule has 0 unspecified atom stereocenters. The van der Waals surface area contributed by atoms with E-state index in [-0.39, 0.29) is 29.6 Å². The number of nitrogens with two attached hydrogens (primary N) is 1. The van der Waals surface area contributed by atoms with Gasteiger partial charge in [0.1, 0.15) is 6.04 Å². The zero-order valence-corrected chi connectivity index (χ0v) is 11.0. The summed E-state index contributed by atoms with van der Waals surface area (Å²) in [5.74, 6) is -1.10. The number of carbonyl (C=O) groups excluding carboxylic acids is 2. The van der Waals surface area contributed by atoms with Crippen molar-refractivity contribution in [2.75, 3.05) is 0 Å². The Morgan fingerprint density at radius 2 is 1.56 bits per heavy atom. The van der Waals surface area contributed by atoms with Crippen LogP contribution in [0.5, 0.6) is 0 Å². The van der Waals surface area contributed by atoms with Crippen LogP contribution < -0.4 is 5.73 Å². The molecule has 102 valence electrons. The third-order valence-electron chi connectivity index (χ3n) is 2.57. The van der Waals surface area contributed by atoms with Crippen molar-refractivity contribution in [3.05, 3.63) is 0 Å². The van der Waals surface area contributed by atoms with Crippen LogP contribution in [0.25, 0.3) is 0 Å². The molecule has 0 heterocycles. The van der Waals surface area contributed by atoms with Gasteiger partial charge in [0, 0.05) is 6.42 Å². The number of ether oxygens (including phenoxy) is 1. The Labute approximate surface area is 132 Å². The molecule has 18 heavy (non-hydrogen) atoms. The summed E-state index contributed by atoms with van der Waals surface area (Å²) in [6, 6.07) is -0.729. The summed E-state index contributed by atoms with van der Waals surface area (Å²) in [6.45, 7) is 3.69. The fraction of sp³-hybridized carbons (Fsp3) is 0.846. The van der Waals surface area contributed by atoms with Gasteiger partial charge >= 0.3 is 41.5 Å². The minimum atomic E-state index is -0.729. The third-order valence-corrected chi connectivity index (χ3v) is 2.57. The van der Waals surface area contributed by atoms with Gasteiger partial charge in [-0.05, 0) is 13.3 Å². The molecule has 0 aromatic heterocycles. The predicted molar refractivity (Wildman–Crippen MR) is 74.5 cm³/mol. The molecule has 0 bridgehead atoms. The molecule has 0 aromatic carbocycles. The van der Waals surface area contributed by atoms with E-state index in [9.17, 15) is 9.59 Å². The molecule has 0 rings (SSSR count). The molecule has 0 fully saturated rings. The fourth-order valence-electron chi connectivity index (χ4n) is 1.48. The van der Waals surface area contributed by atoms with Crippen LogP contribution in [0.15, 0.2) is 0 Å². The van der Waals surface area contributed by atoms with Gasteiger partial charge in [0.15, 0.2) is 0 Å². The maximum absolute atomic E-state index is 11.2. The molecule has 0 aliphatic heterocycles. The minimum absolute atomic E-state index is 0. The van der Waals surface area contributed by atoms with Crippen molar-refractivity contribution < 1.29 is 14.3 Å². The Kier molecular flexibility index (Phi) is 15.3. The second-order valence-corrected chi connectivity index (χ2v) is 4.45. The summed E-state index contributed by atoms with van der Waals surface area (Å²) in [6.07, 6.45) is 8.28. The zero-order valence-electron chi connectivity index (χ0n) is 11.0. The molecule has 0 saturated heterocycles. The molecule has 2 N–H and O–H groups in total. The van der Waals surface area contributed by atoms with Crippen LogP contribution in [-0.2, 0) is 14.3 Å². The Morgan fingerprint density at radius 3 is 2.06 bits per heavy atom. The number of hydrogen-bond donors (Lipinski definition) is 1. The number of rotatable bonds is 9. The van der Waals surface area contributed by atoms with E-state index in [1.54, 1.807) is 0 Å². The number of unbranched alkanes of at least 4 members (excludes halogenated alkanes) is 6. The first-order valence-corrected chi connectivity index (χ1v) is 6.58. The Balaban J connectivity index is 0.